The maximum atomic E-state index is 12.4. The van der Waals surface area contributed by atoms with Gasteiger partial charge in [0.15, 0.2) is 0 Å². The lowest BCUT2D eigenvalue weighted by atomic mass is 9.93. The van der Waals surface area contributed by atoms with Gasteiger partial charge in [0.2, 0.25) is 0 Å². The number of piperidine rings is 1. The van der Waals surface area contributed by atoms with Crippen molar-refractivity contribution in [1.82, 2.24) is 5.06 Å². The fourth-order valence-corrected chi connectivity index (χ4v) is 2.99. The predicted octanol–water partition coefficient (Wildman–Crippen LogP) is 3.94. The molecular formula is C21H21NO4. The maximum absolute atomic E-state index is 12.4. The van der Waals surface area contributed by atoms with E-state index in [1.54, 1.807) is 41.5 Å². The molecule has 0 unspecified atom stereocenters. The van der Waals surface area contributed by atoms with E-state index in [1.165, 1.54) is 7.11 Å². The molecule has 1 fully saturated rings. The number of rotatable bonds is 4. The highest BCUT2D eigenvalue weighted by Crippen LogP contribution is 2.33. The number of ether oxygens (including phenoxy) is 1. The van der Waals surface area contributed by atoms with E-state index < -0.39 is 0 Å². The van der Waals surface area contributed by atoms with Gasteiger partial charge in [0, 0.05) is 6.54 Å². The normalized spacial score (nSPS) is 17.6. The van der Waals surface area contributed by atoms with Crippen LogP contribution in [0.2, 0.25) is 0 Å². The molecule has 1 atom stereocenters. The Bertz CT molecular complexity index is 799. The molecule has 0 bridgehead atoms. The summed E-state index contributed by atoms with van der Waals surface area (Å²) in [6.45, 7) is 4.66. The fraction of sp³-hybridized carbons (Fsp3) is 0.238. The van der Waals surface area contributed by atoms with E-state index in [9.17, 15) is 9.59 Å². The van der Waals surface area contributed by atoms with Gasteiger partial charge in [-0.15, -0.1) is 5.06 Å². The van der Waals surface area contributed by atoms with E-state index in [0.717, 1.165) is 17.6 Å². The maximum Gasteiger partial charge on any atom is 0.357 e. The Morgan fingerprint density at radius 3 is 2.31 bits per heavy atom. The van der Waals surface area contributed by atoms with Crippen LogP contribution in [0.1, 0.15) is 45.2 Å². The Morgan fingerprint density at radius 1 is 1.00 bits per heavy atom. The number of carbonyl (C=O) groups excluding carboxylic acids is 2. The minimum atomic E-state index is -0.380. The number of nitrogens with zero attached hydrogens (tertiary/aromatic N) is 1. The molecule has 2 aromatic rings. The van der Waals surface area contributed by atoms with Crippen molar-refractivity contribution in [2.45, 2.75) is 18.9 Å². The van der Waals surface area contributed by atoms with Gasteiger partial charge in [-0.2, -0.15) is 0 Å². The Labute approximate surface area is 152 Å². The fourth-order valence-electron chi connectivity index (χ4n) is 2.99. The van der Waals surface area contributed by atoms with Crippen LogP contribution >= 0.6 is 0 Å². The summed E-state index contributed by atoms with van der Waals surface area (Å²) in [5.41, 5.74) is 3.06. The molecule has 5 nitrogen and oxygen atoms in total. The number of methoxy groups -OCH3 is 1. The number of esters is 1. The van der Waals surface area contributed by atoms with Gasteiger partial charge in [0.25, 0.3) is 0 Å². The van der Waals surface area contributed by atoms with Crippen LogP contribution in [0.4, 0.5) is 0 Å². The number of hydrogen-bond donors (Lipinski definition) is 0. The van der Waals surface area contributed by atoms with Gasteiger partial charge in [0.1, 0.15) is 0 Å². The van der Waals surface area contributed by atoms with Crippen LogP contribution in [0.25, 0.3) is 0 Å². The molecule has 0 N–H and O–H groups in total. The summed E-state index contributed by atoms with van der Waals surface area (Å²) >= 11 is 0. The zero-order valence-electron chi connectivity index (χ0n) is 14.7. The minimum Gasteiger partial charge on any atom is -0.465 e. The molecule has 26 heavy (non-hydrogen) atoms. The Hall–Kier alpha value is -2.92. The smallest absolute Gasteiger partial charge is 0.357 e. The van der Waals surface area contributed by atoms with E-state index >= 15 is 0 Å². The summed E-state index contributed by atoms with van der Waals surface area (Å²) in [6, 6.07) is 15.9. The number of benzene rings is 2. The van der Waals surface area contributed by atoms with Crippen molar-refractivity contribution < 1.29 is 19.2 Å². The van der Waals surface area contributed by atoms with Gasteiger partial charge in [-0.05, 0) is 42.7 Å². The van der Waals surface area contributed by atoms with E-state index in [4.69, 9.17) is 9.57 Å². The van der Waals surface area contributed by atoms with Gasteiger partial charge in [-0.1, -0.05) is 42.5 Å². The second-order valence-corrected chi connectivity index (χ2v) is 6.22. The minimum absolute atomic E-state index is 0.129. The first-order chi connectivity index (χ1) is 12.6. The summed E-state index contributed by atoms with van der Waals surface area (Å²) in [4.78, 5) is 29.7. The highest BCUT2D eigenvalue weighted by Gasteiger charge is 2.29. The molecule has 0 spiro atoms. The number of hydrogen-bond acceptors (Lipinski definition) is 5. The zero-order valence-corrected chi connectivity index (χ0v) is 14.7. The third kappa shape index (κ3) is 4.00. The van der Waals surface area contributed by atoms with Crippen molar-refractivity contribution in [3.05, 3.63) is 83.4 Å². The van der Waals surface area contributed by atoms with Crippen LogP contribution < -0.4 is 0 Å². The van der Waals surface area contributed by atoms with Crippen molar-refractivity contribution in [1.29, 1.82) is 0 Å². The van der Waals surface area contributed by atoms with Crippen LogP contribution in [0.5, 0.6) is 0 Å². The van der Waals surface area contributed by atoms with Crippen LogP contribution in [-0.4, -0.2) is 30.7 Å². The summed E-state index contributed by atoms with van der Waals surface area (Å²) in [5.74, 6) is -0.758. The Balaban J connectivity index is 1.79. The highest BCUT2D eigenvalue weighted by atomic mass is 16.7. The molecule has 2 aromatic carbocycles. The van der Waals surface area contributed by atoms with Crippen LogP contribution in [0.3, 0.4) is 0 Å². The lowest BCUT2D eigenvalue weighted by molar-refractivity contribution is -0.146. The molecule has 0 radical (unpaired) electrons. The SMILES string of the molecule is C=C1CCN(OC(=O)c2ccccc2)[C@H](c2ccc(C(=O)OC)cc2)C1. The molecule has 0 aliphatic carbocycles. The van der Waals surface area contributed by atoms with Crippen LogP contribution in [-0.2, 0) is 9.57 Å². The van der Waals surface area contributed by atoms with Gasteiger partial charge in [-0.3, -0.25) is 0 Å². The quantitative estimate of drug-likeness (QED) is 0.617. The average molecular weight is 351 g/mol. The second-order valence-electron chi connectivity index (χ2n) is 6.22. The predicted molar refractivity (Wildman–Crippen MR) is 97.5 cm³/mol. The zero-order chi connectivity index (χ0) is 18.5. The van der Waals surface area contributed by atoms with Crippen molar-refractivity contribution in [2.24, 2.45) is 0 Å². The molecule has 5 heteroatoms. The van der Waals surface area contributed by atoms with Gasteiger partial charge in [-0.25, -0.2) is 9.59 Å². The molecule has 134 valence electrons. The molecule has 0 saturated carbocycles. The summed E-state index contributed by atoms with van der Waals surface area (Å²) in [7, 11) is 1.35. The van der Waals surface area contributed by atoms with Crippen LogP contribution in [0.15, 0.2) is 66.7 Å². The molecule has 1 heterocycles. The third-order valence-corrected chi connectivity index (χ3v) is 4.44. The highest BCUT2D eigenvalue weighted by molar-refractivity contribution is 5.89. The van der Waals surface area contributed by atoms with Gasteiger partial charge >= 0.3 is 11.9 Å². The van der Waals surface area contributed by atoms with Crippen molar-refractivity contribution in [3.63, 3.8) is 0 Å². The summed E-state index contributed by atoms with van der Waals surface area (Å²) in [5, 5.41) is 1.71. The van der Waals surface area contributed by atoms with E-state index in [-0.39, 0.29) is 18.0 Å². The number of hydroxylamine groups is 2. The van der Waals surface area contributed by atoms with Crippen molar-refractivity contribution in [2.75, 3.05) is 13.7 Å². The monoisotopic (exact) mass is 351 g/mol. The van der Waals surface area contributed by atoms with Crippen LogP contribution in [0, 0.1) is 0 Å². The summed E-state index contributed by atoms with van der Waals surface area (Å²) < 4.78 is 4.73. The first-order valence-corrected chi connectivity index (χ1v) is 8.47. The number of carbonyl (C=O) groups is 2. The average Bonchev–Trinajstić information content (AvgIpc) is 2.69. The lowest BCUT2D eigenvalue weighted by Gasteiger charge is -2.35. The van der Waals surface area contributed by atoms with Crippen molar-refractivity contribution in [3.8, 4) is 0 Å². The van der Waals surface area contributed by atoms with Crippen molar-refractivity contribution >= 4 is 11.9 Å². The molecule has 0 aromatic heterocycles. The molecule has 1 aliphatic heterocycles. The van der Waals surface area contributed by atoms with E-state index in [1.807, 2.05) is 18.2 Å². The van der Waals surface area contributed by atoms with Gasteiger partial charge in [0.05, 0.1) is 24.3 Å². The molecule has 1 aliphatic rings. The largest absolute Gasteiger partial charge is 0.465 e. The summed E-state index contributed by atoms with van der Waals surface area (Å²) in [6.07, 6.45) is 1.47. The molecule has 1 saturated heterocycles. The van der Waals surface area contributed by atoms with E-state index in [0.29, 0.717) is 24.1 Å². The Kier molecular flexibility index (Phi) is 5.49. The topological polar surface area (TPSA) is 55.8 Å². The standard InChI is InChI=1S/C21H21NO4/c1-15-12-13-22(26-21(24)17-6-4-3-5-7-17)19(14-15)16-8-10-18(11-9-16)20(23)25-2/h3-11,19H,1,12-14H2,2H3/t19-/m0/s1. The molecular weight excluding hydrogens is 330 g/mol. The van der Waals surface area contributed by atoms with E-state index in [2.05, 4.69) is 6.58 Å². The first kappa shape index (κ1) is 17.9. The first-order valence-electron chi connectivity index (χ1n) is 8.47. The second kappa shape index (κ2) is 7.97. The molecule has 0 amide bonds. The Morgan fingerprint density at radius 2 is 1.65 bits per heavy atom. The third-order valence-electron chi connectivity index (χ3n) is 4.44. The molecule has 3 rings (SSSR count). The lowest BCUT2D eigenvalue weighted by Crippen LogP contribution is -2.36. The van der Waals surface area contributed by atoms with Gasteiger partial charge < -0.3 is 9.57 Å².